The highest BCUT2D eigenvalue weighted by Crippen LogP contribution is 2.31. The Morgan fingerprint density at radius 3 is 2.63 bits per heavy atom. The molecule has 9 nitrogen and oxygen atoms in total. The maximum absolute atomic E-state index is 5.90. The first kappa shape index (κ1) is 22.9. The van der Waals surface area contributed by atoms with Crippen LogP contribution in [0.2, 0.25) is 0 Å². The van der Waals surface area contributed by atoms with Crippen molar-refractivity contribution in [1.82, 2.24) is 34.3 Å². The highest BCUT2D eigenvalue weighted by Gasteiger charge is 2.17. The fourth-order valence-electron chi connectivity index (χ4n) is 3.97. The minimum absolute atomic E-state index is 0.401. The van der Waals surface area contributed by atoms with Gasteiger partial charge in [0.1, 0.15) is 17.6 Å². The molecule has 3 aromatic heterocycles. The summed E-state index contributed by atoms with van der Waals surface area (Å²) in [5.41, 5.74) is 9.51. The number of nitrogen functional groups attached to an aromatic ring is 1. The van der Waals surface area contributed by atoms with Crippen molar-refractivity contribution in [3.63, 3.8) is 0 Å². The van der Waals surface area contributed by atoms with E-state index in [1.165, 1.54) is 11.9 Å². The lowest BCUT2D eigenvalue weighted by atomic mass is 10.1. The summed E-state index contributed by atoms with van der Waals surface area (Å²) >= 11 is 1.70. The van der Waals surface area contributed by atoms with Crippen LogP contribution in [-0.2, 0) is 19.5 Å². The van der Waals surface area contributed by atoms with Crippen LogP contribution in [0.1, 0.15) is 12.0 Å². The molecule has 178 valence electrons. The molecule has 0 spiro atoms. The quantitative estimate of drug-likeness (QED) is 0.232. The number of nitrogens with zero attached hydrogens (tertiary/aromatic N) is 7. The van der Waals surface area contributed by atoms with Gasteiger partial charge in [-0.05, 0) is 30.5 Å². The van der Waals surface area contributed by atoms with E-state index in [0.29, 0.717) is 11.3 Å². The predicted molar refractivity (Wildman–Crippen MR) is 137 cm³/mol. The smallest absolute Gasteiger partial charge is 0.191 e. The zero-order chi connectivity index (χ0) is 24.0. The molecule has 0 radical (unpaired) electrons. The number of aromatic nitrogens is 7. The standard InChI is InChI=1S/C25H26N8OS/c1-34-20-11-6-5-10-19(20)23-30-31-25(33(23)14-12-18-8-3-2-4-9-18)35-15-7-13-32-17-29-21-22(26)27-16-28-24(21)32/h2-6,8-11,16-17H,7,12-15H2,1H3,(H2,26,27,28). The number of para-hydroxylation sites is 1. The van der Waals surface area contributed by atoms with Gasteiger partial charge in [0, 0.05) is 18.8 Å². The molecule has 10 heteroatoms. The molecule has 0 saturated carbocycles. The van der Waals surface area contributed by atoms with Crippen molar-refractivity contribution < 1.29 is 4.74 Å². The van der Waals surface area contributed by atoms with E-state index in [1.54, 1.807) is 25.2 Å². The summed E-state index contributed by atoms with van der Waals surface area (Å²) in [6, 6.07) is 18.4. The molecule has 0 fully saturated rings. The first-order valence-electron chi connectivity index (χ1n) is 11.4. The van der Waals surface area contributed by atoms with Gasteiger partial charge in [-0.25, -0.2) is 15.0 Å². The fourth-order valence-corrected chi connectivity index (χ4v) is 4.86. The van der Waals surface area contributed by atoms with Gasteiger partial charge >= 0.3 is 0 Å². The summed E-state index contributed by atoms with van der Waals surface area (Å²) in [6.07, 6.45) is 5.04. The molecule has 0 aliphatic carbocycles. The molecule has 35 heavy (non-hydrogen) atoms. The Labute approximate surface area is 207 Å². The number of hydrogen-bond donors (Lipinski definition) is 1. The number of rotatable bonds is 10. The number of imidazole rings is 1. The number of ether oxygens (including phenoxy) is 1. The van der Waals surface area contributed by atoms with Crippen LogP contribution < -0.4 is 10.5 Å². The number of anilines is 1. The van der Waals surface area contributed by atoms with Crippen LogP contribution in [-0.4, -0.2) is 47.1 Å². The average molecular weight is 487 g/mol. The van der Waals surface area contributed by atoms with E-state index in [2.05, 4.69) is 54.0 Å². The number of thioether (sulfide) groups is 1. The van der Waals surface area contributed by atoms with Gasteiger partial charge in [0.05, 0.1) is 19.0 Å². The van der Waals surface area contributed by atoms with E-state index in [-0.39, 0.29) is 0 Å². The monoisotopic (exact) mass is 486 g/mol. The van der Waals surface area contributed by atoms with Crippen LogP contribution in [0.25, 0.3) is 22.6 Å². The SMILES string of the molecule is COc1ccccc1-c1nnc(SCCCn2cnc3c(N)ncnc32)n1CCc1ccccc1. The summed E-state index contributed by atoms with van der Waals surface area (Å²) in [5.74, 6) is 2.87. The van der Waals surface area contributed by atoms with Gasteiger partial charge in [0.15, 0.2) is 22.4 Å². The summed E-state index contributed by atoms with van der Waals surface area (Å²) in [7, 11) is 1.68. The zero-order valence-corrected chi connectivity index (χ0v) is 20.2. The molecule has 2 N–H and O–H groups in total. The topological polar surface area (TPSA) is 110 Å². The summed E-state index contributed by atoms with van der Waals surface area (Å²) < 4.78 is 9.79. The normalized spacial score (nSPS) is 11.2. The summed E-state index contributed by atoms with van der Waals surface area (Å²) in [4.78, 5) is 12.7. The van der Waals surface area contributed by atoms with Crippen LogP contribution >= 0.6 is 11.8 Å². The number of fused-ring (bicyclic) bond motifs is 1. The lowest BCUT2D eigenvalue weighted by molar-refractivity contribution is 0.415. The lowest BCUT2D eigenvalue weighted by Gasteiger charge is -2.12. The molecule has 0 amide bonds. The minimum atomic E-state index is 0.401. The van der Waals surface area contributed by atoms with E-state index in [9.17, 15) is 0 Å². The molecule has 5 aromatic rings. The number of nitrogens with two attached hydrogens (primary N) is 1. The highest BCUT2D eigenvalue weighted by molar-refractivity contribution is 7.99. The molecule has 0 saturated heterocycles. The van der Waals surface area contributed by atoms with E-state index in [0.717, 1.165) is 59.6 Å². The maximum Gasteiger partial charge on any atom is 0.191 e. The molecule has 0 atom stereocenters. The first-order valence-corrected chi connectivity index (χ1v) is 12.4. The van der Waals surface area contributed by atoms with Gasteiger partial charge in [-0.3, -0.25) is 0 Å². The predicted octanol–water partition coefficient (Wildman–Crippen LogP) is 4.10. The van der Waals surface area contributed by atoms with Gasteiger partial charge in [0.25, 0.3) is 0 Å². The molecular formula is C25H26N8OS. The van der Waals surface area contributed by atoms with Gasteiger partial charge in [-0.15, -0.1) is 10.2 Å². The Hall–Kier alpha value is -3.92. The molecule has 0 aliphatic heterocycles. The molecule has 2 aromatic carbocycles. The first-order chi connectivity index (χ1) is 17.2. The van der Waals surface area contributed by atoms with Crippen LogP contribution in [0.3, 0.4) is 0 Å². The second-order valence-corrected chi connectivity index (χ2v) is 9.03. The van der Waals surface area contributed by atoms with Crippen LogP contribution in [0.4, 0.5) is 5.82 Å². The van der Waals surface area contributed by atoms with Crippen molar-refractivity contribution in [2.75, 3.05) is 18.6 Å². The molecule has 5 rings (SSSR count). The van der Waals surface area contributed by atoms with E-state index >= 15 is 0 Å². The third kappa shape index (κ3) is 4.97. The minimum Gasteiger partial charge on any atom is -0.496 e. The third-order valence-electron chi connectivity index (χ3n) is 5.74. The van der Waals surface area contributed by atoms with Crippen molar-refractivity contribution in [3.8, 4) is 17.1 Å². The number of aryl methyl sites for hydroxylation is 2. The molecular weight excluding hydrogens is 460 g/mol. The van der Waals surface area contributed by atoms with Gasteiger partial charge in [-0.2, -0.15) is 0 Å². The largest absolute Gasteiger partial charge is 0.496 e. The van der Waals surface area contributed by atoms with Crippen molar-refractivity contribution in [2.45, 2.75) is 31.1 Å². The number of hydrogen-bond acceptors (Lipinski definition) is 8. The Bertz CT molecular complexity index is 1420. The van der Waals surface area contributed by atoms with E-state index in [1.807, 2.05) is 34.9 Å². The molecule has 3 heterocycles. The van der Waals surface area contributed by atoms with Crippen LogP contribution in [0.5, 0.6) is 5.75 Å². The van der Waals surface area contributed by atoms with Crippen molar-refractivity contribution in [3.05, 3.63) is 72.8 Å². The third-order valence-corrected chi connectivity index (χ3v) is 6.79. The Balaban J connectivity index is 1.32. The zero-order valence-electron chi connectivity index (χ0n) is 19.4. The Morgan fingerprint density at radius 2 is 1.77 bits per heavy atom. The van der Waals surface area contributed by atoms with E-state index in [4.69, 9.17) is 10.5 Å². The van der Waals surface area contributed by atoms with Crippen molar-refractivity contribution in [2.24, 2.45) is 0 Å². The summed E-state index contributed by atoms with van der Waals surface area (Å²) in [6.45, 7) is 1.55. The highest BCUT2D eigenvalue weighted by atomic mass is 32.2. The molecule has 0 bridgehead atoms. The Kier molecular flexibility index (Phi) is 6.89. The van der Waals surface area contributed by atoms with Gasteiger partial charge in [0.2, 0.25) is 0 Å². The number of benzene rings is 2. The fraction of sp³-hybridized carbons (Fsp3) is 0.240. The second kappa shape index (κ2) is 10.6. The molecule has 0 unspecified atom stereocenters. The Morgan fingerprint density at radius 1 is 0.943 bits per heavy atom. The molecule has 0 aliphatic rings. The maximum atomic E-state index is 5.90. The number of methoxy groups -OCH3 is 1. The second-order valence-electron chi connectivity index (χ2n) is 7.96. The summed E-state index contributed by atoms with van der Waals surface area (Å²) in [5, 5.41) is 9.99. The van der Waals surface area contributed by atoms with Gasteiger partial charge < -0.3 is 19.6 Å². The van der Waals surface area contributed by atoms with Gasteiger partial charge in [-0.1, -0.05) is 54.2 Å². The lowest BCUT2D eigenvalue weighted by Crippen LogP contribution is -2.06. The van der Waals surface area contributed by atoms with E-state index < -0.39 is 0 Å². The van der Waals surface area contributed by atoms with Crippen LogP contribution in [0, 0.1) is 0 Å². The van der Waals surface area contributed by atoms with Crippen molar-refractivity contribution in [1.29, 1.82) is 0 Å². The van der Waals surface area contributed by atoms with Crippen molar-refractivity contribution >= 4 is 28.7 Å². The average Bonchev–Trinajstić information content (AvgIpc) is 3.50. The van der Waals surface area contributed by atoms with Crippen LogP contribution in [0.15, 0.2) is 72.4 Å².